The zero-order valence-corrected chi connectivity index (χ0v) is 12.2. The standard InChI is InChI=1S/C15H29N3O/c1-12-4-2-3-5-13(12)10-17-14-6-8-18(9-7-14)11-15(16)19/h12-14,17H,2-11H2,1H3,(H2,16,19). The Kier molecular flexibility index (Phi) is 5.64. The molecule has 2 fully saturated rings. The number of nitrogens with one attached hydrogen (secondary N) is 1. The smallest absolute Gasteiger partial charge is 0.231 e. The number of amides is 1. The summed E-state index contributed by atoms with van der Waals surface area (Å²) in [7, 11) is 0. The van der Waals surface area contributed by atoms with Crippen molar-refractivity contribution in [2.45, 2.75) is 51.5 Å². The summed E-state index contributed by atoms with van der Waals surface area (Å²) < 4.78 is 0. The van der Waals surface area contributed by atoms with Gasteiger partial charge in [-0.1, -0.05) is 26.2 Å². The van der Waals surface area contributed by atoms with Crippen LogP contribution < -0.4 is 11.1 Å². The van der Waals surface area contributed by atoms with Gasteiger partial charge in [0.25, 0.3) is 0 Å². The molecule has 1 saturated carbocycles. The lowest BCUT2D eigenvalue weighted by atomic mass is 9.80. The number of primary amides is 1. The molecular formula is C15H29N3O. The van der Waals surface area contributed by atoms with Gasteiger partial charge in [0.1, 0.15) is 0 Å². The largest absolute Gasteiger partial charge is 0.369 e. The molecule has 0 aromatic carbocycles. The molecule has 3 N–H and O–H groups in total. The molecule has 4 nitrogen and oxygen atoms in total. The molecule has 0 aromatic rings. The minimum atomic E-state index is -0.206. The Hall–Kier alpha value is -0.610. The van der Waals surface area contributed by atoms with E-state index in [0.29, 0.717) is 12.6 Å². The van der Waals surface area contributed by atoms with Gasteiger partial charge in [0.05, 0.1) is 6.54 Å². The summed E-state index contributed by atoms with van der Waals surface area (Å²) in [6.07, 6.45) is 7.93. The van der Waals surface area contributed by atoms with E-state index in [0.717, 1.165) is 37.8 Å². The summed E-state index contributed by atoms with van der Waals surface area (Å²) in [6.45, 7) is 6.01. The van der Waals surface area contributed by atoms with Gasteiger partial charge in [-0.05, 0) is 37.6 Å². The Morgan fingerprint density at radius 1 is 1.21 bits per heavy atom. The van der Waals surface area contributed by atoms with E-state index < -0.39 is 0 Å². The fourth-order valence-corrected chi connectivity index (χ4v) is 3.53. The van der Waals surface area contributed by atoms with Crippen LogP contribution in [0, 0.1) is 11.8 Å². The second kappa shape index (κ2) is 7.25. The maximum absolute atomic E-state index is 10.9. The average molecular weight is 267 g/mol. The third kappa shape index (κ3) is 4.77. The van der Waals surface area contributed by atoms with Crippen LogP contribution in [0.25, 0.3) is 0 Å². The van der Waals surface area contributed by atoms with Crippen molar-refractivity contribution >= 4 is 5.91 Å². The summed E-state index contributed by atoms with van der Waals surface area (Å²) in [5.74, 6) is 1.55. The van der Waals surface area contributed by atoms with Gasteiger partial charge in [0.15, 0.2) is 0 Å². The summed E-state index contributed by atoms with van der Waals surface area (Å²) in [4.78, 5) is 13.1. The molecular weight excluding hydrogens is 238 g/mol. The van der Waals surface area contributed by atoms with E-state index in [1.807, 2.05) is 0 Å². The number of rotatable bonds is 5. The number of piperidine rings is 1. The van der Waals surface area contributed by atoms with Crippen LogP contribution in [-0.4, -0.2) is 43.0 Å². The van der Waals surface area contributed by atoms with Crippen LogP contribution in [0.3, 0.4) is 0 Å². The summed E-state index contributed by atoms with van der Waals surface area (Å²) >= 11 is 0. The zero-order valence-electron chi connectivity index (χ0n) is 12.2. The molecule has 2 atom stereocenters. The lowest BCUT2D eigenvalue weighted by Crippen LogP contribution is -2.46. The molecule has 4 heteroatoms. The van der Waals surface area contributed by atoms with Crippen molar-refractivity contribution in [1.29, 1.82) is 0 Å². The molecule has 2 unspecified atom stereocenters. The van der Waals surface area contributed by atoms with Crippen molar-refractivity contribution in [3.63, 3.8) is 0 Å². The van der Waals surface area contributed by atoms with Gasteiger partial charge in [-0.15, -0.1) is 0 Å². The first-order chi connectivity index (χ1) is 9.15. The molecule has 19 heavy (non-hydrogen) atoms. The number of hydrogen-bond donors (Lipinski definition) is 2. The SMILES string of the molecule is CC1CCCCC1CNC1CCN(CC(N)=O)CC1. The van der Waals surface area contributed by atoms with Crippen molar-refractivity contribution in [1.82, 2.24) is 10.2 Å². The number of nitrogens with zero attached hydrogens (tertiary/aromatic N) is 1. The van der Waals surface area contributed by atoms with Gasteiger partial charge in [0.2, 0.25) is 5.91 Å². The van der Waals surface area contributed by atoms with Crippen LogP contribution in [0.4, 0.5) is 0 Å². The Bertz CT molecular complexity index is 287. The van der Waals surface area contributed by atoms with Crippen LogP contribution in [0.2, 0.25) is 0 Å². The third-order valence-electron chi connectivity index (χ3n) is 4.92. The summed E-state index contributed by atoms with van der Waals surface area (Å²) in [6, 6.07) is 0.637. The van der Waals surface area contributed by atoms with Gasteiger partial charge >= 0.3 is 0 Å². The van der Waals surface area contributed by atoms with Crippen LogP contribution in [0.1, 0.15) is 45.4 Å². The first kappa shape index (κ1) is 14.8. The van der Waals surface area contributed by atoms with E-state index in [4.69, 9.17) is 5.73 Å². The lowest BCUT2D eigenvalue weighted by molar-refractivity contribution is -0.119. The molecule has 2 rings (SSSR count). The number of hydrogen-bond acceptors (Lipinski definition) is 3. The van der Waals surface area contributed by atoms with Crippen LogP contribution in [0.5, 0.6) is 0 Å². The highest BCUT2D eigenvalue weighted by molar-refractivity contribution is 5.75. The predicted molar refractivity (Wildman–Crippen MR) is 77.8 cm³/mol. The zero-order chi connectivity index (χ0) is 13.7. The molecule has 2 aliphatic rings. The Labute approximate surface area is 117 Å². The molecule has 0 bridgehead atoms. The highest BCUT2D eigenvalue weighted by Gasteiger charge is 2.24. The molecule has 0 spiro atoms. The number of carbonyl (C=O) groups is 1. The molecule has 1 aliphatic heterocycles. The molecule has 1 saturated heterocycles. The fraction of sp³-hybridized carbons (Fsp3) is 0.933. The minimum Gasteiger partial charge on any atom is -0.369 e. The summed E-state index contributed by atoms with van der Waals surface area (Å²) in [5, 5.41) is 3.75. The van der Waals surface area contributed by atoms with Crippen molar-refractivity contribution in [3.8, 4) is 0 Å². The Morgan fingerprint density at radius 2 is 1.89 bits per heavy atom. The van der Waals surface area contributed by atoms with E-state index in [-0.39, 0.29) is 5.91 Å². The lowest BCUT2D eigenvalue weighted by Gasteiger charge is -2.34. The maximum atomic E-state index is 10.9. The molecule has 0 radical (unpaired) electrons. The topological polar surface area (TPSA) is 58.4 Å². The predicted octanol–water partition coefficient (Wildman–Crippen LogP) is 1.35. The normalized spacial score (nSPS) is 30.4. The van der Waals surface area contributed by atoms with E-state index in [2.05, 4.69) is 17.1 Å². The van der Waals surface area contributed by atoms with E-state index in [1.165, 1.54) is 32.2 Å². The molecule has 1 amide bonds. The first-order valence-electron chi connectivity index (χ1n) is 7.89. The quantitative estimate of drug-likeness (QED) is 0.790. The number of carbonyl (C=O) groups excluding carboxylic acids is 1. The van der Waals surface area contributed by atoms with Gasteiger partial charge < -0.3 is 11.1 Å². The molecule has 110 valence electrons. The van der Waals surface area contributed by atoms with Crippen molar-refractivity contribution in [2.24, 2.45) is 17.6 Å². The highest BCUT2D eigenvalue weighted by atomic mass is 16.1. The van der Waals surface area contributed by atoms with E-state index in [1.54, 1.807) is 0 Å². The highest BCUT2D eigenvalue weighted by Crippen LogP contribution is 2.29. The fourth-order valence-electron chi connectivity index (χ4n) is 3.53. The van der Waals surface area contributed by atoms with Crippen molar-refractivity contribution in [3.05, 3.63) is 0 Å². The average Bonchev–Trinajstić information content (AvgIpc) is 2.39. The van der Waals surface area contributed by atoms with Gasteiger partial charge in [-0.25, -0.2) is 0 Å². The Morgan fingerprint density at radius 3 is 2.53 bits per heavy atom. The van der Waals surface area contributed by atoms with Gasteiger partial charge in [-0.3, -0.25) is 9.69 Å². The van der Waals surface area contributed by atoms with Crippen molar-refractivity contribution in [2.75, 3.05) is 26.2 Å². The van der Waals surface area contributed by atoms with Crippen LogP contribution in [-0.2, 0) is 4.79 Å². The Balaban J connectivity index is 1.64. The number of nitrogens with two attached hydrogens (primary N) is 1. The second-order valence-corrected chi connectivity index (χ2v) is 6.45. The van der Waals surface area contributed by atoms with Crippen LogP contribution in [0.15, 0.2) is 0 Å². The first-order valence-corrected chi connectivity index (χ1v) is 7.89. The monoisotopic (exact) mass is 267 g/mol. The molecule has 1 aliphatic carbocycles. The van der Waals surface area contributed by atoms with Gasteiger partial charge in [-0.2, -0.15) is 0 Å². The van der Waals surface area contributed by atoms with E-state index >= 15 is 0 Å². The minimum absolute atomic E-state index is 0.206. The summed E-state index contributed by atoms with van der Waals surface area (Å²) in [5.41, 5.74) is 5.23. The number of likely N-dealkylation sites (tertiary alicyclic amines) is 1. The van der Waals surface area contributed by atoms with Crippen LogP contribution >= 0.6 is 0 Å². The third-order valence-corrected chi connectivity index (χ3v) is 4.92. The second-order valence-electron chi connectivity index (χ2n) is 6.45. The molecule has 1 heterocycles. The van der Waals surface area contributed by atoms with Gasteiger partial charge in [0, 0.05) is 19.1 Å². The van der Waals surface area contributed by atoms with Crippen molar-refractivity contribution < 1.29 is 4.79 Å². The molecule has 0 aromatic heterocycles. The maximum Gasteiger partial charge on any atom is 0.231 e. The van der Waals surface area contributed by atoms with E-state index in [9.17, 15) is 4.79 Å².